The summed E-state index contributed by atoms with van der Waals surface area (Å²) < 4.78 is 0. The summed E-state index contributed by atoms with van der Waals surface area (Å²) in [6.45, 7) is -0.476. The van der Waals surface area contributed by atoms with E-state index >= 15 is 0 Å². The zero-order valence-electron chi connectivity index (χ0n) is 10.5. The molecule has 2 heterocycles. The van der Waals surface area contributed by atoms with Gasteiger partial charge in [0.05, 0.1) is 18.2 Å². The highest BCUT2D eigenvalue weighted by Gasteiger charge is 2.52. The lowest BCUT2D eigenvalue weighted by Gasteiger charge is -2.50. The van der Waals surface area contributed by atoms with Gasteiger partial charge in [-0.05, 0) is 12.1 Å². The van der Waals surface area contributed by atoms with E-state index < -0.39 is 36.3 Å². The van der Waals surface area contributed by atoms with E-state index in [1.807, 2.05) is 0 Å². The number of hydrogen-bond donors (Lipinski definition) is 4. The number of fused-ring (bicyclic) bond motifs is 2. The third kappa shape index (κ3) is 1.86. The Balaban J connectivity index is 2.06. The van der Waals surface area contributed by atoms with E-state index in [0.717, 1.165) is 4.90 Å². The molecule has 2 aliphatic rings. The van der Waals surface area contributed by atoms with Crippen LogP contribution in [0, 0.1) is 0 Å². The first kappa shape index (κ1) is 13.8. The van der Waals surface area contributed by atoms with Crippen LogP contribution in [0.1, 0.15) is 10.4 Å². The molecule has 0 spiro atoms. The second-order valence-corrected chi connectivity index (χ2v) is 6.10. The normalized spacial score (nSPS) is 36.5. The van der Waals surface area contributed by atoms with E-state index in [1.54, 1.807) is 24.3 Å². The van der Waals surface area contributed by atoms with Crippen molar-refractivity contribution in [3.8, 4) is 0 Å². The van der Waals surface area contributed by atoms with Gasteiger partial charge in [-0.1, -0.05) is 23.9 Å². The Kier molecular flexibility index (Phi) is 3.47. The van der Waals surface area contributed by atoms with Crippen LogP contribution in [-0.2, 0) is 0 Å². The highest BCUT2D eigenvalue weighted by Crippen LogP contribution is 2.42. The molecule has 0 aliphatic carbocycles. The number of thioether (sulfide) groups is 1. The van der Waals surface area contributed by atoms with Gasteiger partial charge in [0.25, 0.3) is 5.91 Å². The van der Waals surface area contributed by atoms with E-state index in [9.17, 15) is 25.2 Å². The molecule has 3 rings (SSSR count). The van der Waals surface area contributed by atoms with Crippen LogP contribution in [-0.4, -0.2) is 67.6 Å². The number of piperidine rings is 1. The average molecular weight is 297 g/mol. The van der Waals surface area contributed by atoms with Crippen LogP contribution < -0.4 is 0 Å². The zero-order valence-corrected chi connectivity index (χ0v) is 11.3. The Labute approximate surface area is 119 Å². The molecule has 1 saturated heterocycles. The predicted octanol–water partition coefficient (Wildman–Crippen LogP) is -0.982. The Morgan fingerprint density at radius 3 is 2.50 bits per heavy atom. The minimum atomic E-state index is -1.39. The highest BCUT2D eigenvalue weighted by molar-refractivity contribution is 8.00. The summed E-state index contributed by atoms with van der Waals surface area (Å²) >= 11 is 1.25. The second kappa shape index (κ2) is 5.01. The SMILES string of the molecule is O=C1c2ccccc2S[C@H]2[C@@H](O)[C@@H](O)[C@H](O)[C@H](CO)N12. The first-order valence-corrected chi connectivity index (χ1v) is 7.17. The first-order valence-electron chi connectivity index (χ1n) is 6.29. The minimum Gasteiger partial charge on any atom is -0.394 e. The van der Waals surface area contributed by atoms with E-state index in [1.165, 1.54) is 16.7 Å². The van der Waals surface area contributed by atoms with Crippen LogP contribution in [0.25, 0.3) is 0 Å². The van der Waals surface area contributed by atoms with Crippen molar-refractivity contribution in [1.29, 1.82) is 0 Å². The molecule has 0 radical (unpaired) electrons. The van der Waals surface area contributed by atoms with Crippen molar-refractivity contribution in [3.05, 3.63) is 29.8 Å². The molecule has 1 fully saturated rings. The van der Waals surface area contributed by atoms with E-state index in [2.05, 4.69) is 0 Å². The van der Waals surface area contributed by atoms with Crippen LogP contribution in [0.15, 0.2) is 29.2 Å². The molecule has 5 atom stereocenters. The molecule has 4 N–H and O–H groups in total. The summed E-state index contributed by atoms with van der Waals surface area (Å²) in [6, 6.07) is 6.04. The van der Waals surface area contributed by atoms with Gasteiger partial charge in [-0.15, -0.1) is 0 Å². The fourth-order valence-corrected chi connectivity index (χ4v) is 4.09. The molecular formula is C13H15NO5S. The molecule has 2 aliphatic heterocycles. The number of amides is 1. The molecule has 0 bridgehead atoms. The van der Waals surface area contributed by atoms with Crippen molar-refractivity contribution in [3.63, 3.8) is 0 Å². The molecule has 1 aromatic rings. The fraction of sp³-hybridized carbons (Fsp3) is 0.462. The maximum absolute atomic E-state index is 12.5. The van der Waals surface area contributed by atoms with Gasteiger partial charge < -0.3 is 25.3 Å². The van der Waals surface area contributed by atoms with Crippen molar-refractivity contribution in [2.45, 2.75) is 34.6 Å². The van der Waals surface area contributed by atoms with E-state index in [-0.39, 0.29) is 5.91 Å². The van der Waals surface area contributed by atoms with Crippen molar-refractivity contribution in [2.24, 2.45) is 0 Å². The van der Waals surface area contributed by atoms with Gasteiger partial charge in [0.15, 0.2) is 0 Å². The topological polar surface area (TPSA) is 101 Å². The lowest BCUT2D eigenvalue weighted by atomic mass is 9.93. The van der Waals surface area contributed by atoms with Crippen molar-refractivity contribution in [1.82, 2.24) is 4.90 Å². The Morgan fingerprint density at radius 1 is 1.10 bits per heavy atom. The molecule has 1 amide bonds. The van der Waals surface area contributed by atoms with Gasteiger partial charge in [-0.25, -0.2) is 0 Å². The monoisotopic (exact) mass is 297 g/mol. The zero-order chi connectivity index (χ0) is 14.4. The summed E-state index contributed by atoms with van der Waals surface area (Å²) in [7, 11) is 0. The van der Waals surface area contributed by atoms with Crippen LogP contribution in [0.2, 0.25) is 0 Å². The Morgan fingerprint density at radius 2 is 1.80 bits per heavy atom. The lowest BCUT2D eigenvalue weighted by molar-refractivity contribution is -0.142. The van der Waals surface area contributed by atoms with E-state index in [0.29, 0.717) is 5.56 Å². The van der Waals surface area contributed by atoms with Crippen LogP contribution >= 0.6 is 11.8 Å². The van der Waals surface area contributed by atoms with Crippen molar-refractivity contribution < 1.29 is 25.2 Å². The third-order valence-electron chi connectivity index (χ3n) is 3.80. The summed E-state index contributed by atoms with van der Waals surface area (Å²) in [5.41, 5.74) is 0.475. The quantitative estimate of drug-likeness (QED) is 0.531. The number of carbonyl (C=O) groups excluding carboxylic acids is 1. The predicted molar refractivity (Wildman–Crippen MR) is 71.2 cm³/mol. The lowest BCUT2D eigenvalue weighted by Crippen LogP contribution is -2.68. The summed E-state index contributed by atoms with van der Waals surface area (Å²) in [4.78, 5) is 14.5. The first-order chi connectivity index (χ1) is 9.56. The van der Waals surface area contributed by atoms with Crippen LogP contribution in [0.5, 0.6) is 0 Å². The van der Waals surface area contributed by atoms with Crippen LogP contribution in [0.4, 0.5) is 0 Å². The molecule has 1 aromatic carbocycles. The minimum absolute atomic E-state index is 0.353. The van der Waals surface area contributed by atoms with E-state index in [4.69, 9.17) is 0 Å². The van der Waals surface area contributed by atoms with Crippen LogP contribution in [0.3, 0.4) is 0 Å². The average Bonchev–Trinajstić information content (AvgIpc) is 2.47. The van der Waals surface area contributed by atoms with Crippen molar-refractivity contribution >= 4 is 17.7 Å². The smallest absolute Gasteiger partial charge is 0.256 e. The van der Waals surface area contributed by atoms with Gasteiger partial charge in [-0.3, -0.25) is 4.79 Å². The van der Waals surface area contributed by atoms with Crippen molar-refractivity contribution in [2.75, 3.05) is 6.61 Å². The molecule has 6 nitrogen and oxygen atoms in total. The number of hydrogen-bond acceptors (Lipinski definition) is 6. The molecule has 20 heavy (non-hydrogen) atoms. The summed E-state index contributed by atoms with van der Waals surface area (Å²) in [5, 5.41) is 38.6. The van der Waals surface area contributed by atoms with Gasteiger partial charge >= 0.3 is 0 Å². The third-order valence-corrected chi connectivity index (χ3v) is 5.16. The van der Waals surface area contributed by atoms with Gasteiger partial charge in [0.1, 0.15) is 23.7 Å². The number of aliphatic hydroxyl groups excluding tert-OH is 4. The highest BCUT2D eigenvalue weighted by atomic mass is 32.2. The maximum Gasteiger partial charge on any atom is 0.256 e. The molecule has 0 aromatic heterocycles. The molecule has 0 saturated carbocycles. The number of nitrogens with zero attached hydrogens (tertiary/aromatic N) is 1. The number of carbonyl (C=O) groups is 1. The molecular weight excluding hydrogens is 282 g/mol. The maximum atomic E-state index is 12.5. The molecule has 7 heteroatoms. The molecule has 108 valence electrons. The second-order valence-electron chi connectivity index (χ2n) is 4.94. The fourth-order valence-electron chi connectivity index (χ4n) is 2.72. The Bertz CT molecular complexity index is 539. The standard InChI is InChI=1S/C13H15NO5S/c15-5-7-9(16)10(17)11(18)13-14(7)12(19)6-3-1-2-4-8(6)20-13/h1-4,7,9-11,13,15-18H,5H2/t7-,9+,10-,11-,13-/m0/s1. The summed E-state index contributed by atoms with van der Waals surface area (Å²) in [6.07, 6.45) is -4.03. The number of aliphatic hydroxyl groups is 4. The van der Waals surface area contributed by atoms with Gasteiger partial charge in [0.2, 0.25) is 0 Å². The molecule has 0 unspecified atom stereocenters. The largest absolute Gasteiger partial charge is 0.394 e. The Hall–Kier alpha value is -1.12. The van der Waals surface area contributed by atoms with Gasteiger partial charge in [-0.2, -0.15) is 0 Å². The summed E-state index contributed by atoms with van der Waals surface area (Å²) in [5.74, 6) is -0.353. The number of benzene rings is 1. The van der Waals surface area contributed by atoms with Gasteiger partial charge in [0, 0.05) is 4.90 Å². The number of rotatable bonds is 1.